The van der Waals surface area contributed by atoms with E-state index in [1.54, 1.807) is 0 Å². The molecule has 0 saturated heterocycles. The lowest BCUT2D eigenvalue weighted by Gasteiger charge is -2.19. The van der Waals surface area contributed by atoms with E-state index in [4.69, 9.17) is 4.74 Å². The van der Waals surface area contributed by atoms with Crippen molar-refractivity contribution in [2.24, 2.45) is 4.99 Å². The molecule has 3 N–H and O–H groups in total. The Kier molecular flexibility index (Phi) is 12.0. The zero-order valence-corrected chi connectivity index (χ0v) is 17.9. The second-order valence-corrected chi connectivity index (χ2v) is 6.39. The molecule has 1 aromatic carbocycles. The summed E-state index contributed by atoms with van der Waals surface area (Å²) in [6.45, 7) is 10.3. The average molecular weight is 462 g/mol. The van der Waals surface area contributed by atoms with Gasteiger partial charge >= 0.3 is 6.09 Å². The van der Waals surface area contributed by atoms with Gasteiger partial charge in [0.1, 0.15) is 5.60 Å². The fourth-order valence-corrected chi connectivity index (χ4v) is 1.90. The lowest BCUT2D eigenvalue weighted by Crippen LogP contribution is -2.39. The van der Waals surface area contributed by atoms with E-state index in [0.29, 0.717) is 13.1 Å². The highest BCUT2D eigenvalue weighted by atomic mass is 127. The van der Waals surface area contributed by atoms with Crippen LogP contribution >= 0.6 is 24.0 Å². The van der Waals surface area contributed by atoms with Crippen molar-refractivity contribution in [2.45, 2.75) is 46.3 Å². The molecule has 1 aromatic rings. The van der Waals surface area contributed by atoms with Gasteiger partial charge in [-0.05, 0) is 39.7 Å². The van der Waals surface area contributed by atoms with Crippen molar-refractivity contribution < 1.29 is 9.53 Å². The summed E-state index contributed by atoms with van der Waals surface area (Å²) in [6.07, 6.45) is 0.404. The van der Waals surface area contributed by atoms with E-state index in [0.717, 1.165) is 25.5 Å². The lowest BCUT2D eigenvalue weighted by atomic mass is 10.2. The number of nitrogens with zero attached hydrogens (tertiary/aromatic N) is 1. The van der Waals surface area contributed by atoms with Crippen molar-refractivity contribution >= 4 is 36.0 Å². The van der Waals surface area contributed by atoms with Gasteiger partial charge in [-0.15, -0.1) is 24.0 Å². The first-order valence-corrected chi connectivity index (χ1v) is 8.43. The Morgan fingerprint density at radius 3 is 2.32 bits per heavy atom. The fraction of sp³-hybridized carbons (Fsp3) is 0.556. The molecule has 0 fully saturated rings. The molecule has 142 valence electrons. The number of alkyl carbamates (subject to hydrolysis) is 1. The number of carbonyl (C=O) groups excluding carboxylic acids is 1. The Morgan fingerprint density at radius 1 is 1.08 bits per heavy atom. The smallest absolute Gasteiger partial charge is 0.407 e. The second kappa shape index (κ2) is 12.8. The number of benzene rings is 1. The van der Waals surface area contributed by atoms with Crippen LogP contribution in [0.2, 0.25) is 0 Å². The van der Waals surface area contributed by atoms with E-state index in [9.17, 15) is 4.79 Å². The van der Waals surface area contributed by atoms with E-state index >= 15 is 0 Å². The average Bonchev–Trinajstić information content (AvgIpc) is 2.51. The van der Waals surface area contributed by atoms with E-state index in [-0.39, 0.29) is 30.1 Å². The number of ether oxygens (including phenoxy) is 1. The fourth-order valence-electron chi connectivity index (χ4n) is 1.90. The molecule has 1 amide bonds. The van der Waals surface area contributed by atoms with Gasteiger partial charge < -0.3 is 20.7 Å². The van der Waals surface area contributed by atoms with Crippen LogP contribution in [0.5, 0.6) is 0 Å². The quantitative estimate of drug-likeness (QED) is 0.252. The molecule has 7 heteroatoms. The molecule has 1 rings (SSSR count). The molecular formula is C18H31IN4O2. The van der Waals surface area contributed by atoms with Gasteiger partial charge in [-0.2, -0.15) is 0 Å². The molecule has 0 aliphatic carbocycles. The van der Waals surface area contributed by atoms with Gasteiger partial charge in [-0.3, -0.25) is 0 Å². The van der Waals surface area contributed by atoms with E-state index < -0.39 is 5.60 Å². The van der Waals surface area contributed by atoms with Gasteiger partial charge in [0.15, 0.2) is 5.96 Å². The summed E-state index contributed by atoms with van der Waals surface area (Å²) >= 11 is 0. The van der Waals surface area contributed by atoms with Crippen LogP contribution in [-0.4, -0.2) is 37.3 Å². The Labute approximate surface area is 168 Å². The second-order valence-electron chi connectivity index (χ2n) is 6.39. The maximum atomic E-state index is 11.5. The van der Waals surface area contributed by atoms with Crippen LogP contribution in [0, 0.1) is 0 Å². The SMILES string of the molecule is CCNC(=NCc1ccccc1)NCCCNC(=O)OC(C)(C)C.I. The number of hydrogen-bond acceptors (Lipinski definition) is 3. The molecule has 0 heterocycles. The largest absolute Gasteiger partial charge is 0.444 e. The first kappa shape index (κ1) is 23.5. The van der Waals surface area contributed by atoms with Gasteiger partial charge in [0.25, 0.3) is 0 Å². The van der Waals surface area contributed by atoms with Gasteiger partial charge in [0, 0.05) is 19.6 Å². The zero-order valence-electron chi connectivity index (χ0n) is 15.6. The summed E-state index contributed by atoms with van der Waals surface area (Å²) < 4.78 is 5.18. The minimum atomic E-state index is -0.468. The normalized spacial score (nSPS) is 11.3. The molecule has 0 aliphatic rings. The molecule has 6 nitrogen and oxygen atoms in total. The van der Waals surface area contributed by atoms with Gasteiger partial charge in [-0.1, -0.05) is 30.3 Å². The molecule has 0 aromatic heterocycles. The number of amides is 1. The van der Waals surface area contributed by atoms with Crippen molar-refractivity contribution in [1.82, 2.24) is 16.0 Å². The number of nitrogens with one attached hydrogen (secondary N) is 3. The molecule has 25 heavy (non-hydrogen) atoms. The zero-order chi connectivity index (χ0) is 17.8. The van der Waals surface area contributed by atoms with E-state index in [1.807, 2.05) is 45.9 Å². The molecule has 0 bridgehead atoms. The highest BCUT2D eigenvalue weighted by Gasteiger charge is 2.15. The molecule has 0 spiro atoms. The Hall–Kier alpha value is -1.51. The summed E-state index contributed by atoms with van der Waals surface area (Å²) in [5.74, 6) is 0.777. The summed E-state index contributed by atoms with van der Waals surface area (Å²) in [5.41, 5.74) is 0.700. The minimum absolute atomic E-state index is 0. The molecule has 0 unspecified atom stereocenters. The summed E-state index contributed by atoms with van der Waals surface area (Å²) in [5, 5.41) is 9.21. The number of halogens is 1. The topological polar surface area (TPSA) is 74.8 Å². The molecular weight excluding hydrogens is 431 g/mol. The van der Waals surface area contributed by atoms with Gasteiger partial charge in [0.2, 0.25) is 0 Å². The Bertz CT molecular complexity index is 516. The third-order valence-electron chi connectivity index (χ3n) is 2.92. The Morgan fingerprint density at radius 2 is 1.72 bits per heavy atom. The van der Waals surface area contributed by atoms with Crippen LogP contribution in [0.4, 0.5) is 4.79 Å². The predicted octanol–water partition coefficient (Wildman–Crippen LogP) is 3.27. The van der Waals surface area contributed by atoms with Crippen molar-refractivity contribution in [3.8, 4) is 0 Å². The summed E-state index contributed by atoms with van der Waals surface area (Å²) in [4.78, 5) is 16.1. The van der Waals surface area contributed by atoms with E-state index in [1.165, 1.54) is 5.56 Å². The third-order valence-corrected chi connectivity index (χ3v) is 2.92. The van der Waals surface area contributed by atoms with Crippen LogP contribution in [-0.2, 0) is 11.3 Å². The van der Waals surface area contributed by atoms with Crippen LogP contribution in [0.25, 0.3) is 0 Å². The number of hydrogen-bond donors (Lipinski definition) is 3. The summed E-state index contributed by atoms with van der Waals surface area (Å²) in [6, 6.07) is 10.1. The minimum Gasteiger partial charge on any atom is -0.444 e. The van der Waals surface area contributed by atoms with E-state index in [2.05, 4.69) is 33.1 Å². The maximum absolute atomic E-state index is 11.5. The highest BCUT2D eigenvalue weighted by Crippen LogP contribution is 2.06. The third kappa shape index (κ3) is 12.5. The van der Waals surface area contributed by atoms with Crippen LogP contribution in [0.1, 0.15) is 39.7 Å². The molecule has 0 atom stereocenters. The maximum Gasteiger partial charge on any atom is 0.407 e. The van der Waals surface area contributed by atoms with Crippen LogP contribution in [0.3, 0.4) is 0 Å². The highest BCUT2D eigenvalue weighted by molar-refractivity contribution is 14.0. The first-order chi connectivity index (χ1) is 11.4. The van der Waals surface area contributed by atoms with Crippen molar-refractivity contribution in [3.05, 3.63) is 35.9 Å². The Balaban J connectivity index is 0.00000576. The molecule has 0 radical (unpaired) electrons. The van der Waals surface area contributed by atoms with Crippen LogP contribution in [0.15, 0.2) is 35.3 Å². The molecule has 0 aliphatic heterocycles. The monoisotopic (exact) mass is 462 g/mol. The van der Waals surface area contributed by atoms with Crippen molar-refractivity contribution in [3.63, 3.8) is 0 Å². The van der Waals surface area contributed by atoms with Gasteiger partial charge in [0.05, 0.1) is 6.54 Å². The standard InChI is InChI=1S/C18H30N4O2.HI/c1-5-19-16(22-14-15-10-7-6-8-11-15)20-12-9-13-21-17(23)24-18(2,3)4;/h6-8,10-11H,5,9,12-14H2,1-4H3,(H,21,23)(H2,19,20,22);1H. The van der Waals surface area contributed by atoms with Crippen molar-refractivity contribution in [2.75, 3.05) is 19.6 Å². The summed E-state index contributed by atoms with van der Waals surface area (Å²) in [7, 11) is 0. The van der Waals surface area contributed by atoms with Crippen LogP contribution < -0.4 is 16.0 Å². The number of carbonyl (C=O) groups is 1. The van der Waals surface area contributed by atoms with Crippen molar-refractivity contribution in [1.29, 1.82) is 0 Å². The number of rotatable bonds is 7. The predicted molar refractivity (Wildman–Crippen MR) is 114 cm³/mol. The number of guanidine groups is 1. The molecule has 0 saturated carbocycles. The lowest BCUT2D eigenvalue weighted by molar-refractivity contribution is 0.0527. The first-order valence-electron chi connectivity index (χ1n) is 8.43. The van der Waals surface area contributed by atoms with Gasteiger partial charge in [-0.25, -0.2) is 9.79 Å². The number of aliphatic imine (C=N–C) groups is 1.